The number of hydrogen-bond donors (Lipinski definition) is 2. The van der Waals surface area contributed by atoms with Crippen LogP contribution in [-0.4, -0.2) is 31.2 Å². The van der Waals surface area contributed by atoms with Crippen molar-refractivity contribution in [3.05, 3.63) is 17.7 Å². The molecule has 0 atom stereocenters. The maximum absolute atomic E-state index is 11.8. The first-order valence-electron chi connectivity index (χ1n) is 6.18. The molecule has 0 fully saturated rings. The number of benzene rings is 1. The van der Waals surface area contributed by atoms with Gasteiger partial charge in [0.25, 0.3) is 0 Å². The highest BCUT2D eigenvalue weighted by molar-refractivity contribution is 6.01. The third-order valence-corrected chi connectivity index (χ3v) is 2.62. The van der Waals surface area contributed by atoms with Crippen molar-refractivity contribution in [3.8, 4) is 11.5 Å². The summed E-state index contributed by atoms with van der Waals surface area (Å²) < 4.78 is 10.2. The Kier molecular flexibility index (Phi) is 5.37. The lowest BCUT2D eigenvalue weighted by molar-refractivity contribution is -0.116. The fraction of sp³-hybridized carbons (Fsp3) is 0.429. The lowest BCUT2D eigenvalue weighted by Gasteiger charge is -2.14. The quantitative estimate of drug-likeness (QED) is 0.836. The van der Waals surface area contributed by atoms with Crippen LogP contribution in [-0.2, 0) is 4.79 Å². The molecule has 0 heterocycles. The Morgan fingerprint density at radius 1 is 1.20 bits per heavy atom. The third-order valence-electron chi connectivity index (χ3n) is 2.62. The number of anilines is 1. The normalized spacial score (nSPS) is 10.2. The van der Waals surface area contributed by atoms with E-state index in [1.165, 1.54) is 26.4 Å². The predicted octanol–water partition coefficient (Wildman–Crippen LogP) is 2.39. The van der Waals surface area contributed by atoms with E-state index >= 15 is 0 Å². The molecular weight excluding hydrogens is 262 g/mol. The Morgan fingerprint density at radius 3 is 2.20 bits per heavy atom. The first kappa shape index (κ1) is 15.8. The average Bonchev–Trinajstić information content (AvgIpc) is 2.36. The van der Waals surface area contributed by atoms with Gasteiger partial charge >= 0.3 is 5.97 Å². The molecule has 1 aromatic carbocycles. The Hall–Kier alpha value is -2.24. The lowest BCUT2D eigenvalue weighted by Crippen LogP contribution is -2.16. The van der Waals surface area contributed by atoms with Gasteiger partial charge in [-0.2, -0.15) is 0 Å². The minimum Gasteiger partial charge on any atom is -0.493 e. The second kappa shape index (κ2) is 6.79. The highest BCUT2D eigenvalue weighted by Crippen LogP contribution is 2.33. The molecule has 0 saturated carbocycles. The zero-order valence-electron chi connectivity index (χ0n) is 12.0. The van der Waals surface area contributed by atoms with Crippen LogP contribution in [0.3, 0.4) is 0 Å². The summed E-state index contributed by atoms with van der Waals surface area (Å²) in [5, 5.41) is 11.8. The molecule has 0 aliphatic rings. The SMILES string of the molecule is COc1cc(NC(=O)CC(C)C)c(C(=O)O)cc1OC. The van der Waals surface area contributed by atoms with Gasteiger partial charge in [-0.1, -0.05) is 13.8 Å². The van der Waals surface area contributed by atoms with E-state index in [4.69, 9.17) is 9.47 Å². The number of rotatable bonds is 6. The lowest BCUT2D eigenvalue weighted by atomic mass is 10.1. The second-order valence-corrected chi connectivity index (χ2v) is 4.70. The van der Waals surface area contributed by atoms with Crippen molar-refractivity contribution >= 4 is 17.6 Å². The number of amides is 1. The van der Waals surface area contributed by atoms with E-state index in [1.54, 1.807) is 0 Å². The van der Waals surface area contributed by atoms with Crippen LogP contribution >= 0.6 is 0 Å². The number of nitrogens with one attached hydrogen (secondary N) is 1. The van der Waals surface area contributed by atoms with Gasteiger partial charge in [-0.15, -0.1) is 0 Å². The maximum atomic E-state index is 11.8. The molecule has 6 nitrogen and oxygen atoms in total. The van der Waals surface area contributed by atoms with Crippen LogP contribution in [0.25, 0.3) is 0 Å². The molecule has 0 saturated heterocycles. The molecule has 0 radical (unpaired) electrons. The Morgan fingerprint density at radius 2 is 1.75 bits per heavy atom. The number of carboxylic acid groups (broad SMARTS) is 1. The van der Waals surface area contributed by atoms with Crippen molar-refractivity contribution in [1.29, 1.82) is 0 Å². The number of methoxy groups -OCH3 is 2. The first-order valence-corrected chi connectivity index (χ1v) is 6.18. The zero-order valence-corrected chi connectivity index (χ0v) is 12.0. The van der Waals surface area contributed by atoms with Crippen LogP contribution in [0.4, 0.5) is 5.69 Å². The van der Waals surface area contributed by atoms with Crippen molar-refractivity contribution < 1.29 is 24.2 Å². The van der Waals surface area contributed by atoms with E-state index in [-0.39, 0.29) is 23.1 Å². The van der Waals surface area contributed by atoms with Crippen LogP contribution in [0, 0.1) is 5.92 Å². The second-order valence-electron chi connectivity index (χ2n) is 4.70. The minimum atomic E-state index is -1.15. The fourth-order valence-electron chi connectivity index (χ4n) is 1.73. The van der Waals surface area contributed by atoms with Crippen molar-refractivity contribution in [2.75, 3.05) is 19.5 Å². The Balaban J connectivity index is 3.15. The highest BCUT2D eigenvalue weighted by atomic mass is 16.5. The summed E-state index contributed by atoms with van der Waals surface area (Å²) >= 11 is 0. The molecule has 2 N–H and O–H groups in total. The summed E-state index contributed by atoms with van der Waals surface area (Å²) in [6.45, 7) is 3.82. The molecule has 0 aliphatic heterocycles. The van der Waals surface area contributed by atoms with Gasteiger partial charge in [-0.05, 0) is 5.92 Å². The van der Waals surface area contributed by atoms with Gasteiger partial charge in [-0.3, -0.25) is 4.79 Å². The van der Waals surface area contributed by atoms with Crippen LogP contribution in [0.1, 0.15) is 30.6 Å². The summed E-state index contributed by atoms with van der Waals surface area (Å²) in [6, 6.07) is 2.77. The molecule has 1 aromatic rings. The predicted molar refractivity (Wildman–Crippen MR) is 74.6 cm³/mol. The first-order chi connectivity index (χ1) is 9.38. The van der Waals surface area contributed by atoms with Gasteiger partial charge in [0, 0.05) is 18.6 Å². The highest BCUT2D eigenvalue weighted by Gasteiger charge is 2.18. The molecule has 6 heteroatoms. The van der Waals surface area contributed by atoms with E-state index in [1.807, 2.05) is 13.8 Å². The minimum absolute atomic E-state index is 0.0419. The molecule has 1 amide bonds. The van der Waals surface area contributed by atoms with Crippen molar-refractivity contribution in [1.82, 2.24) is 0 Å². The fourth-order valence-corrected chi connectivity index (χ4v) is 1.73. The molecule has 0 aromatic heterocycles. The largest absolute Gasteiger partial charge is 0.493 e. The monoisotopic (exact) mass is 281 g/mol. The standard InChI is InChI=1S/C14H19NO5/c1-8(2)5-13(16)15-10-7-12(20-4)11(19-3)6-9(10)14(17)18/h6-8H,5H2,1-4H3,(H,15,16)(H,17,18). The molecule has 0 aliphatic carbocycles. The van der Waals surface area contributed by atoms with Crippen molar-refractivity contribution in [2.45, 2.75) is 20.3 Å². The number of carboxylic acids is 1. The van der Waals surface area contributed by atoms with E-state index < -0.39 is 5.97 Å². The summed E-state index contributed by atoms with van der Waals surface area (Å²) in [4.78, 5) is 23.0. The molecule has 0 spiro atoms. The van der Waals surface area contributed by atoms with Crippen molar-refractivity contribution in [3.63, 3.8) is 0 Å². The van der Waals surface area contributed by atoms with Crippen LogP contribution in [0.15, 0.2) is 12.1 Å². The molecule has 0 unspecified atom stereocenters. The van der Waals surface area contributed by atoms with E-state index in [0.717, 1.165) is 0 Å². The van der Waals surface area contributed by atoms with Crippen LogP contribution < -0.4 is 14.8 Å². The summed E-state index contributed by atoms with van der Waals surface area (Å²) in [5.74, 6) is -0.548. The van der Waals surface area contributed by atoms with E-state index in [9.17, 15) is 14.7 Å². The molecule has 0 bridgehead atoms. The third kappa shape index (κ3) is 3.88. The molecule has 1 rings (SSSR count). The Bertz CT molecular complexity index is 511. The number of carbonyl (C=O) groups excluding carboxylic acids is 1. The number of aromatic carboxylic acids is 1. The number of carbonyl (C=O) groups is 2. The number of ether oxygens (including phenoxy) is 2. The maximum Gasteiger partial charge on any atom is 0.337 e. The van der Waals surface area contributed by atoms with E-state index in [0.29, 0.717) is 17.9 Å². The van der Waals surface area contributed by atoms with Gasteiger partial charge in [0.1, 0.15) is 0 Å². The van der Waals surface area contributed by atoms with Gasteiger partial charge in [0.15, 0.2) is 11.5 Å². The Labute approximate surface area is 117 Å². The summed E-state index contributed by atoms with van der Waals surface area (Å²) in [7, 11) is 2.86. The summed E-state index contributed by atoms with van der Waals surface area (Å²) in [6.07, 6.45) is 0.313. The van der Waals surface area contributed by atoms with Gasteiger partial charge < -0.3 is 19.9 Å². The van der Waals surface area contributed by atoms with Crippen LogP contribution in [0.5, 0.6) is 11.5 Å². The van der Waals surface area contributed by atoms with Gasteiger partial charge in [0.05, 0.1) is 25.5 Å². The average molecular weight is 281 g/mol. The topological polar surface area (TPSA) is 84.9 Å². The van der Waals surface area contributed by atoms with E-state index in [2.05, 4.69) is 5.32 Å². The molecule has 20 heavy (non-hydrogen) atoms. The zero-order chi connectivity index (χ0) is 15.3. The smallest absolute Gasteiger partial charge is 0.337 e. The molecular formula is C14H19NO5. The molecule has 110 valence electrons. The van der Waals surface area contributed by atoms with Gasteiger partial charge in [0.2, 0.25) is 5.91 Å². The van der Waals surface area contributed by atoms with Gasteiger partial charge in [-0.25, -0.2) is 4.79 Å². The van der Waals surface area contributed by atoms with Crippen LogP contribution in [0.2, 0.25) is 0 Å². The number of hydrogen-bond acceptors (Lipinski definition) is 4. The summed E-state index contributed by atoms with van der Waals surface area (Å²) in [5.41, 5.74) is 0.153. The van der Waals surface area contributed by atoms with Crippen molar-refractivity contribution in [2.24, 2.45) is 5.92 Å².